The van der Waals surface area contributed by atoms with E-state index in [2.05, 4.69) is 11.4 Å². The third-order valence-electron chi connectivity index (χ3n) is 3.42. The highest BCUT2D eigenvalue weighted by molar-refractivity contribution is 7.07. The normalized spacial score (nSPS) is 10.6. The summed E-state index contributed by atoms with van der Waals surface area (Å²) in [5.41, 5.74) is 4.12. The molecular formula is C17H21NO2S. The summed E-state index contributed by atoms with van der Waals surface area (Å²) in [5.74, 6) is 0.0655. The molecule has 2 rings (SSSR count). The number of carbonyl (C=O) groups is 1. The fourth-order valence-electron chi connectivity index (χ4n) is 2.28. The lowest BCUT2D eigenvalue weighted by atomic mass is 10.0. The van der Waals surface area contributed by atoms with Crippen LogP contribution in [0.4, 0.5) is 0 Å². The van der Waals surface area contributed by atoms with E-state index in [1.807, 2.05) is 42.3 Å². The Kier molecular flexibility index (Phi) is 5.53. The van der Waals surface area contributed by atoms with Crippen LogP contribution >= 0.6 is 11.3 Å². The Labute approximate surface area is 130 Å². The van der Waals surface area contributed by atoms with Crippen LogP contribution in [-0.4, -0.2) is 31.1 Å². The highest BCUT2D eigenvalue weighted by Crippen LogP contribution is 2.16. The predicted molar refractivity (Wildman–Crippen MR) is 86.9 cm³/mol. The number of hydrogen-bond acceptors (Lipinski definition) is 3. The van der Waals surface area contributed by atoms with Crippen LogP contribution in [0.25, 0.3) is 0 Å². The second-order valence-electron chi connectivity index (χ2n) is 5.17. The van der Waals surface area contributed by atoms with E-state index < -0.39 is 0 Å². The summed E-state index contributed by atoms with van der Waals surface area (Å²) in [6.07, 6.45) is 0. The molecule has 0 bridgehead atoms. The van der Waals surface area contributed by atoms with Gasteiger partial charge < -0.3 is 9.64 Å². The van der Waals surface area contributed by atoms with Crippen LogP contribution in [0, 0.1) is 13.8 Å². The number of benzene rings is 1. The van der Waals surface area contributed by atoms with Crippen molar-refractivity contribution in [2.45, 2.75) is 20.4 Å². The quantitative estimate of drug-likeness (QED) is 0.815. The molecule has 0 atom stereocenters. The van der Waals surface area contributed by atoms with Gasteiger partial charge in [-0.15, -0.1) is 0 Å². The monoisotopic (exact) mass is 303 g/mol. The molecule has 1 amide bonds. The number of carbonyl (C=O) groups excluding carboxylic acids is 1. The zero-order chi connectivity index (χ0) is 15.2. The maximum Gasteiger partial charge on any atom is 0.254 e. The molecule has 3 nitrogen and oxygen atoms in total. The number of ether oxygens (including phenoxy) is 1. The largest absolute Gasteiger partial charge is 0.383 e. The zero-order valence-electron chi connectivity index (χ0n) is 12.8. The number of hydrogen-bond donors (Lipinski definition) is 0. The molecule has 0 fully saturated rings. The van der Waals surface area contributed by atoms with Crippen LogP contribution in [-0.2, 0) is 11.3 Å². The number of thiophene rings is 1. The minimum absolute atomic E-state index is 0.0655. The molecule has 2 aromatic rings. The highest BCUT2D eigenvalue weighted by atomic mass is 32.1. The van der Waals surface area contributed by atoms with E-state index in [0.717, 1.165) is 16.7 Å². The first-order valence-corrected chi connectivity index (χ1v) is 7.92. The Hall–Kier alpha value is -1.65. The average molecular weight is 303 g/mol. The van der Waals surface area contributed by atoms with E-state index in [1.165, 1.54) is 5.56 Å². The van der Waals surface area contributed by atoms with Crippen molar-refractivity contribution in [2.75, 3.05) is 20.3 Å². The Morgan fingerprint density at radius 3 is 2.71 bits per heavy atom. The molecule has 0 saturated heterocycles. The minimum atomic E-state index is 0.0655. The first kappa shape index (κ1) is 15.7. The molecule has 4 heteroatoms. The molecule has 0 aliphatic heterocycles. The molecular weight excluding hydrogens is 282 g/mol. The third kappa shape index (κ3) is 4.16. The van der Waals surface area contributed by atoms with Crippen molar-refractivity contribution in [2.24, 2.45) is 0 Å². The van der Waals surface area contributed by atoms with Crippen LogP contribution in [0.2, 0.25) is 0 Å². The summed E-state index contributed by atoms with van der Waals surface area (Å²) in [6.45, 7) is 5.78. The van der Waals surface area contributed by atoms with Crippen molar-refractivity contribution in [1.29, 1.82) is 0 Å². The lowest BCUT2D eigenvalue weighted by Crippen LogP contribution is -2.33. The van der Waals surface area contributed by atoms with Crippen molar-refractivity contribution >= 4 is 17.2 Å². The predicted octanol–water partition coefficient (Wildman–Crippen LogP) is 3.65. The molecule has 112 valence electrons. The van der Waals surface area contributed by atoms with Gasteiger partial charge in [-0.3, -0.25) is 4.79 Å². The summed E-state index contributed by atoms with van der Waals surface area (Å²) in [6, 6.07) is 8.01. The van der Waals surface area contributed by atoms with Crippen LogP contribution in [0.5, 0.6) is 0 Å². The Morgan fingerprint density at radius 1 is 1.29 bits per heavy atom. The SMILES string of the molecule is COCCN(Cc1ccsc1)C(=O)c1ccc(C)cc1C. The van der Waals surface area contributed by atoms with E-state index in [-0.39, 0.29) is 5.91 Å². The molecule has 1 aromatic heterocycles. The second kappa shape index (κ2) is 7.38. The van der Waals surface area contributed by atoms with E-state index in [9.17, 15) is 4.79 Å². The minimum Gasteiger partial charge on any atom is -0.383 e. The molecule has 1 heterocycles. The van der Waals surface area contributed by atoms with Gasteiger partial charge in [0.15, 0.2) is 0 Å². The van der Waals surface area contributed by atoms with Gasteiger partial charge >= 0.3 is 0 Å². The van der Waals surface area contributed by atoms with Crippen LogP contribution < -0.4 is 0 Å². The van der Waals surface area contributed by atoms with Crippen molar-refractivity contribution in [3.05, 3.63) is 57.3 Å². The Bertz CT molecular complexity index is 593. The molecule has 21 heavy (non-hydrogen) atoms. The molecule has 0 unspecified atom stereocenters. The maximum absolute atomic E-state index is 12.8. The first-order valence-electron chi connectivity index (χ1n) is 6.98. The average Bonchev–Trinajstić information content (AvgIpc) is 2.95. The van der Waals surface area contributed by atoms with E-state index in [1.54, 1.807) is 18.4 Å². The van der Waals surface area contributed by atoms with Gasteiger partial charge in [-0.25, -0.2) is 0 Å². The van der Waals surface area contributed by atoms with E-state index in [0.29, 0.717) is 19.7 Å². The molecule has 1 aromatic carbocycles. The Balaban J connectivity index is 2.20. The van der Waals surface area contributed by atoms with Gasteiger partial charge in [-0.2, -0.15) is 11.3 Å². The van der Waals surface area contributed by atoms with Gasteiger partial charge in [0.25, 0.3) is 5.91 Å². The van der Waals surface area contributed by atoms with Crippen molar-refractivity contribution in [3.63, 3.8) is 0 Å². The van der Waals surface area contributed by atoms with E-state index >= 15 is 0 Å². The van der Waals surface area contributed by atoms with Gasteiger partial charge in [-0.1, -0.05) is 17.7 Å². The molecule has 0 saturated carbocycles. The van der Waals surface area contributed by atoms with Gasteiger partial charge in [0.05, 0.1) is 6.61 Å². The second-order valence-corrected chi connectivity index (χ2v) is 5.95. The van der Waals surface area contributed by atoms with Gasteiger partial charge in [0.2, 0.25) is 0 Å². The fourth-order valence-corrected chi connectivity index (χ4v) is 2.94. The summed E-state index contributed by atoms with van der Waals surface area (Å²) >= 11 is 1.65. The summed E-state index contributed by atoms with van der Waals surface area (Å²) in [7, 11) is 1.66. The van der Waals surface area contributed by atoms with E-state index in [4.69, 9.17) is 4.74 Å². The smallest absolute Gasteiger partial charge is 0.254 e. The summed E-state index contributed by atoms with van der Waals surface area (Å²) < 4.78 is 5.14. The van der Waals surface area contributed by atoms with Crippen molar-refractivity contribution in [1.82, 2.24) is 4.90 Å². The summed E-state index contributed by atoms with van der Waals surface area (Å²) in [4.78, 5) is 14.6. The highest BCUT2D eigenvalue weighted by Gasteiger charge is 2.18. The molecule has 0 aliphatic rings. The Morgan fingerprint density at radius 2 is 2.10 bits per heavy atom. The zero-order valence-corrected chi connectivity index (χ0v) is 13.6. The maximum atomic E-state index is 12.8. The van der Waals surface area contributed by atoms with Crippen molar-refractivity contribution < 1.29 is 9.53 Å². The number of rotatable bonds is 6. The van der Waals surface area contributed by atoms with Crippen LogP contribution in [0.3, 0.4) is 0 Å². The third-order valence-corrected chi connectivity index (χ3v) is 4.15. The van der Waals surface area contributed by atoms with Crippen LogP contribution in [0.1, 0.15) is 27.0 Å². The fraction of sp³-hybridized carbons (Fsp3) is 0.353. The van der Waals surface area contributed by atoms with Gasteiger partial charge in [-0.05, 0) is 47.9 Å². The molecule has 0 radical (unpaired) electrons. The van der Waals surface area contributed by atoms with Gasteiger partial charge in [0.1, 0.15) is 0 Å². The number of aryl methyl sites for hydroxylation is 2. The topological polar surface area (TPSA) is 29.5 Å². The summed E-state index contributed by atoms with van der Waals surface area (Å²) in [5, 5.41) is 4.11. The number of nitrogens with zero attached hydrogens (tertiary/aromatic N) is 1. The lowest BCUT2D eigenvalue weighted by molar-refractivity contribution is 0.0680. The van der Waals surface area contributed by atoms with Crippen molar-refractivity contribution in [3.8, 4) is 0 Å². The number of amides is 1. The molecule has 0 aliphatic carbocycles. The number of methoxy groups -OCH3 is 1. The lowest BCUT2D eigenvalue weighted by Gasteiger charge is -2.23. The van der Waals surface area contributed by atoms with Crippen LogP contribution in [0.15, 0.2) is 35.0 Å². The first-order chi connectivity index (χ1) is 10.1. The standard InChI is InChI=1S/C17H21NO2S/c1-13-4-5-16(14(2)10-13)17(19)18(7-8-20-3)11-15-6-9-21-12-15/h4-6,9-10,12H,7-8,11H2,1-3H3. The molecule has 0 spiro atoms. The molecule has 0 N–H and O–H groups in total. The van der Waals surface area contributed by atoms with Gasteiger partial charge in [0, 0.05) is 25.8 Å².